The molecule has 0 bridgehead atoms. The minimum atomic E-state index is -0.515. The maximum Gasteiger partial charge on any atom is 0.255 e. The predicted octanol–water partition coefficient (Wildman–Crippen LogP) is 2.76. The number of amides is 1. The number of methoxy groups -OCH3 is 1. The smallest absolute Gasteiger partial charge is 0.255 e. The Morgan fingerprint density at radius 2 is 1.93 bits per heavy atom. The molecule has 4 N–H and O–H groups in total. The Balaban J connectivity index is 0.00000420. The zero-order valence-electron chi connectivity index (χ0n) is 16.7. The van der Waals surface area contributed by atoms with Crippen LogP contribution in [0.3, 0.4) is 0 Å². The molecule has 0 saturated heterocycles. The number of nitrogens with two attached hydrogens (primary N) is 1. The normalized spacial score (nSPS) is 10.5. The van der Waals surface area contributed by atoms with Crippen molar-refractivity contribution >= 4 is 41.5 Å². The molecule has 0 aliphatic heterocycles. The fourth-order valence-corrected chi connectivity index (χ4v) is 2.42. The van der Waals surface area contributed by atoms with Gasteiger partial charge in [0.05, 0.1) is 13.7 Å². The Morgan fingerprint density at radius 3 is 2.59 bits per heavy atom. The van der Waals surface area contributed by atoms with Crippen LogP contribution in [0.1, 0.15) is 12.5 Å². The zero-order valence-corrected chi connectivity index (χ0v) is 19.1. The summed E-state index contributed by atoms with van der Waals surface area (Å²) >= 11 is 0. The Kier molecular flexibility index (Phi) is 10.7. The van der Waals surface area contributed by atoms with Crippen molar-refractivity contribution in [3.63, 3.8) is 0 Å². The number of aliphatic imine (C=N–C) groups is 1. The third kappa shape index (κ3) is 8.06. The number of benzene rings is 2. The molecule has 9 heteroatoms. The van der Waals surface area contributed by atoms with E-state index in [-0.39, 0.29) is 30.6 Å². The molecule has 0 aliphatic rings. The summed E-state index contributed by atoms with van der Waals surface area (Å²) < 4.78 is 16.2. The van der Waals surface area contributed by atoms with Gasteiger partial charge in [0.15, 0.2) is 24.1 Å². The zero-order chi connectivity index (χ0) is 20.4. The first-order chi connectivity index (χ1) is 13.5. The summed E-state index contributed by atoms with van der Waals surface area (Å²) in [4.78, 5) is 15.1. The van der Waals surface area contributed by atoms with Crippen molar-refractivity contribution in [3.8, 4) is 17.2 Å². The van der Waals surface area contributed by atoms with Gasteiger partial charge in [0, 0.05) is 25.3 Å². The summed E-state index contributed by atoms with van der Waals surface area (Å²) in [6, 6.07) is 13.0. The molecular weight excluding hydrogens is 487 g/mol. The first kappa shape index (κ1) is 24.3. The van der Waals surface area contributed by atoms with Crippen LogP contribution in [-0.2, 0) is 11.3 Å². The topological polar surface area (TPSA) is 107 Å². The summed E-state index contributed by atoms with van der Waals surface area (Å²) in [5.74, 6) is 1.99. The second-order valence-corrected chi connectivity index (χ2v) is 5.75. The molecule has 8 nitrogen and oxygen atoms in total. The maximum atomic E-state index is 10.8. The molecule has 158 valence electrons. The number of hydrogen-bond acceptors (Lipinski definition) is 5. The number of nitrogens with zero attached hydrogens (tertiary/aromatic N) is 1. The number of carbonyl (C=O) groups excluding carboxylic acids is 1. The minimum Gasteiger partial charge on any atom is -0.493 e. The van der Waals surface area contributed by atoms with Gasteiger partial charge in [0.2, 0.25) is 0 Å². The van der Waals surface area contributed by atoms with Crippen molar-refractivity contribution in [2.75, 3.05) is 32.7 Å². The number of carbonyl (C=O) groups is 1. The number of ether oxygens (including phenoxy) is 3. The van der Waals surface area contributed by atoms with Crippen LogP contribution in [0.25, 0.3) is 0 Å². The van der Waals surface area contributed by atoms with Crippen LogP contribution in [0.4, 0.5) is 5.69 Å². The van der Waals surface area contributed by atoms with E-state index < -0.39 is 5.91 Å². The molecule has 0 aliphatic carbocycles. The quantitative estimate of drug-likeness (QED) is 0.270. The van der Waals surface area contributed by atoms with E-state index in [4.69, 9.17) is 19.9 Å². The van der Waals surface area contributed by atoms with E-state index in [9.17, 15) is 4.79 Å². The van der Waals surface area contributed by atoms with Crippen LogP contribution < -0.4 is 30.6 Å². The van der Waals surface area contributed by atoms with Gasteiger partial charge in [-0.05, 0) is 36.8 Å². The van der Waals surface area contributed by atoms with Gasteiger partial charge in [0.1, 0.15) is 5.75 Å². The molecule has 1 amide bonds. The van der Waals surface area contributed by atoms with Crippen LogP contribution in [-0.4, -0.2) is 39.2 Å². The van der Waals surface area contributed by atoms with Crippen LogP contribution in [0.15, 0.2) is 47.5 Å². The van der Waals surface area contributed by atoms with Gasteiger partial charge in [-0.1, -0.05) is 12.1 Å². The third-order valence-corrected chi connectivity index (χ3v) is 3.69. The molecule has 0 radical (unpaired) electrons. The van der Waals surface area contributed by atoms with Crippen molar-refractivity contribution in [1.29, 1.82) is 0 Å². The van der Waals surface area contributed by atoms with Gasteiger partial charge >= 0.3 is 0 Å². The second kappa shape index (κ2) is 12.7. The largest absolute Gasteiger partial charge is 0.493 e. The number of rotatable bonds is 9. The van der Waals surface area contributed by atoms with Crippen molar-refractivity contribution in [2.24, 2.45) is 10.7 Å². The fourth-order valence-electron chi connectivity index (χ4n) is 2.42. The molecule has 0 saturated carbocycles. The Labute approximate surface area is 187 Å². The summed E-state index contributed by atoms with van der Waals surface area (Å²) in [5, 5.41) is 6.44. The molecular formula is C20H27IN4O4. The van der Waals surface area contributed by atoms with Crippen molar-refractivity contribution in [2.45, 2.75) is 13.5 Å². The van der Waals surface area contributed by atoms with Crippen LogP contribution in [0, 0.1) is 0 Å². The maximum absolute atomic E-state index is 10.8. The SMILES string of the molecule is CCOc1cc(NC(=NC)NCc2cccc(OCC(N)=O)c2)ccc1OC.I. The summed E-state index contributed by atoms with van der Waals surface area (Å²) in [5.41, 5.74) is 6.88. The van der Waals surface area contributed by atoms with Crippen molar-refractivity contribution < 1.29 is 19.0 Å². The standard InChI is InChI=1S/C20H26N4O4.HI/c1-4-27-18-11-15(8-9-17(18)26-3)24-20(22-2)23-12-14-6-5-7-16(10-14)28-13-19(21)25;/h5-11H,4,12-13H2,1-3H3,(H2,21,25)(H2,22,23,24);1H. The molecule has 0 fully saturated rings. The first-order valence-corrected chi connectivity index (χ1v) is 8.84. The number of halogens is 1. The molecule has 0 heterocycles. The van der Waals surface area contributed by atoms with Gasteiger partial charge < -0.3 is 30.6 Å². The lowest BCUT2D eigenvalue weighted by Gasteiger charge is -2.15. The van der Waals surface area contributed by atoms with Crippen molar-refractivity contribution in [1.82, 2.24) is 5.32 Å². The number of hydrogen-bond donors (Lipinski definition) is 3. The van der Waals surface area contributed by atoms with Crippen LogP contribution in [0.5, 0.6) is 17.2 Å². The van der Waals surface area contributed by atoms with E-state index in [1.54, 1.807) is 20.2 Å². The fraction of sp³-hybridized carbons (Fsp3) is 0.300. The summed E-state index contributed by atoms with van der Waals surface area (Å²) in [6.07, 6.45) is 0. The Hall–Kier alpha value is -2.69. The molecule has 2 aromatic rings. The van der Waals surface area contributed by atoms with E-state index in [0.717, 1.165) is 11.3 Å². The van der Waals surface area contributed by atoms with Crippen LogP contribution in [0.2, 0.25) is 0 Å². The van der Waals surface area contributed by atoms with E-state index >= 15 is 0 Å². The predicted molar refractivity (Wildman–Crippen MR) is 125 cm³/mol. The lowest BCUT2D eigenvalue weighted by molar-refractivity contribution is -0.119. The second-order valence-electron chi connectivity index (χ2n) is 5.75. The monoisotopic (exact) mass is 514 g/mol. The number of nitrogens with one attached hydrogen (secondary N) is 2. The van der Waals surface area contributed by atoms with Gasteiger partial charge in [0.25, 0.3) is 5.91 Å². The molecule has 0 aromatic heterocycles. The molecule has 0 atom stereocenters. The molecule has 2 aromatic carbocycles. The highest BCUT2D eigenvalue weighted by Crippen LogP contribution is 2.30. The van der Waals surface area contributed by atoms with Gasteiger partial charge in [-0.25, -0.2) is 0 Å². The minimum absolute atomic E-state index is 0. The highest BCUT2D eigenvalue weighted by atomic mass is 127. The number of guanidine groups is 1. The first-order valence-electron chi connectivity index (χ1n) is 8.84. The molecule has 2 rings (SSSR count). The molecule has 29 heavy (non-hydrogen) atoms. The summed E-state index contributed by atoms with van der Waals surface area (Å²) in [6.45, 7) is 2.82. The van der Waals surface area contributed by atoms with E-state index in [0.29, 0.717) is 36.4 Å². The van der Waals surface area contributed by atoms with Gasteiger partial charge in [-0.2, -0.15) is 0 Å². The average molecular weight is 514 g/mol. The van der Waals surface area contributed by atoms with E-state index in [1.807, 2.05) is 43.3 Å². The highest BCUT2D eigenvalue weighted by Gasteiger charge is 2.07. The summed E-state index contributed by atoms with van der Waals surface area (Å²) in [7, 11) is 3.29. The van der Waals surface area contributed by atoms with Gasteiger partial charge in [-0.3, -0.25) is 9.79 Å². The highest BCUT2D eigenvalue weighted by molar-refractivity contribution is 14.0. The van der Waals surface area contributed by atoms with E-state index in [2.05, 4.69) is 15.6 Å². The third-order valence-electron chi connectivity index (χ3n) is 3.69. The number of primary amides is 1. The number of anilines is 1. The Morgan fingerprint density at radius 1 is 1.14 bits per heavy atom. The van der Waals surface area contributed by atoms with E-state index in [1.165, 1.54) is 0 Å². The van der Waals surface area contributed by atoms with Crippen molar-refractivity contribution in [3.05, 3.63) is 48.0 Å². The lowest BCUT2D eigenvalue weighted by atomic mass is 10.2. The van der Waals surface area contributed by atoms with Gasteiger partial charge in [-0.15, -0.1) is 24.0 Å². The average Bonchev–Trinajstić information content (AvgIpc) is 2.70. The molecule has 0 unspecified atom stereocenters. The molecule has 0 spiro atoms. The lowest BCUT2D eigenvalue weighted by Crippen LogP contribution is -2.30. The Bertz CT molecular complexity index is 830. The van der Waals surface area contributed by atoms with Crippen LogP contribution >= 0.6 is 24.0 Å².